The van der Waals surface area contributed by atoms with E-state index in [0.29, 0.717) is 11.4 Å². The number of carbonyl (C=O) groups is 3. The van der Waals surface area contributed by atoms with Crippen LogP contribution in [0.25, 0.3) is 0 Å². The van der Waals surface area contributed by atoms with E-state index in [1.54, 1.807) is 36.3 Å². The number of ether oxygens (including phenoxy) is 2. The normalized spacial score (nSPS) is 15.8. The molecule has 158 valence electrons. The van der Waals surface area contributed by atoms with Crippen LogP contribution in [0, 0.1) is 12.8 Å². The van der Waals surface area contributed by atoms with Crippen LogP contribution in [-0.4, -0.2) is 38.0 Å². The van der Waals surface area contributed by atoms with E-state index in [0.717, 1.165) is 23.2 Å². The SMILES string of the molecule is CCc1cccc(C)c1NC(=O)COC(=O)[C@H]1CC(=O)N(c2ccc(OC)cc2)C1. The van der Waals surface area contributed by atoms with Gasteiger partial charge >= 0.3 is 5.97 Å². The third-order valence-electron chi connectivity index (χ3n) is 5.19. The highest BCUT2D eigenvalue weighted by atomic mass is 16.5. The number of hydrogen-bond acceptors (Lipinski definition) is 5. The van der Waals surface area contributed by atoms with Crippen molar-refractivity contribution in [2.24, 2.45) is 5.92 Å². The molecule has 7 heteroatoms. The van der Waals surface area contributed by atoms with Crippen molar-refractivity contribution in [3.8, 4) is 5.75 Å². The summed E-state index contributed by atoms with van der Waals surface area (Å²) < 4.78 is 10.3. The lowest BCUT2D eigenvalue weighted by Gasteiger charge is -2.17. The first kappa shape index (κ1) is 21.4. The number of anilines is 2. The molecule has 0 unspecified atom stereocenters. The maximum absolute atomic E-state index is 12.4. The van der Waals surface area contributed by atoms with Gasteiger partial charge in [-0.05, 0) is 48.7 Å². The van der Waals surface area contributed by atoms with Crippen LogP contribution in [-0.2, 0) is 25.5 Å². The largest absolute Gasteiger partial charge is 0.497 e. The lowest BCUT2D eigenvalue weighted by molar-refractivity contribution is -0.151. The van der Waals surface area contributed by atoms with Gasteiger partial charge in [0.2, 0.25) is 5.91 Å². The van der Waals surface area contributed by atoms with Crippen LogP contribution < -0.4 is 15.0 Å². The Morgan fingerprint density at radius 3 is 2.57 bits per heavy atom. The second-order valence-electron chi connectivity index (χ2n) is 7.22. The lowest BCUT2D eigenvalue weighted by atomic mass is 10.1. The highest BCUT2D eigenvalue weighted by Crippen LogP contribution is 2.27. The monoisotopic (exact) mass is 410 g/mol. The minimum Gasteiger partial charge on any atom is -0.497 e. The Kier molecular flexibility index (Phi) is 6.72. The van der Waals surface area contributed by atoms with Crippen LogP contribution in [0.4, 0.5) is 11.4 Å². The molecule has 0 aromatic heterocycles. The average Bonchev–Trinajstić information content (AvgIpc) is 3.15. The van der Waals surface area contributed by atoms with Gasteiger partial charge < -0.3 is 19.7 Å². The van der Waals surface area contributed by atoms with Crippen molar-refractivity contribution in [3.05, 3.63) is 53.6 Å². The van der Waals surface area contributed by atoms with Gasteiger partial charge in [-0.3, -0.25) is 14.4 Å². The van der Waals surface area contributed by atoms with Gasteiger partial charge in [0.15, 0.2) is 6.61 Å². The number of nitrogens with zero attached hydrogens (tertiary/aromatic N) is 1. The molecule has 0 saturated carbocycles. The van der Waals surface area contributed by atoms with Crippen LogP contribution in [0.1, 0.15) is 24.5 Å². The number of benzene rings is 2. The first-order valence-electron chi connectivity index (χ1n) is 9.92. The molecule has 3 rings (SSSR count). The molecule has 1 saturated heterocycles. The Hall–Kier alpha value is -3.35. The van der Waals surface area contributed by atoms with Crippen LogP contribution in [0.15, 0.2) is 42.5 Å². The summed E-state index contributed by atoms with van der Waals surface area (Å²) in [5.41, 5.74) is 3.42. The first-order valence-corrected chi connectivity index (χ1v) is 9.92. The average molecular weight is 410 g/mol. The third kappa shape index (κ3) is 4.79. The van der Waals surface area contributed by atoms with Gasteiger partial charge in [0, 0.05) is 24.3 Å². The number of aryl methyl sites for hydroxylation is 2. The lowest BCUT2D eigenvalue weighted by Crippen LogP contribution is -2.28. The minimum atomic E-state index is -0.600. The maximum Gasteiger partial charge on any atom is 0.311 e. The molecule has 1 atom stereocenters. The number of rotatable bonds is 7. The van der Waals surface area contributed by atoms with Gasteiger partial charge in [-0.25, -0.2) is 0 Å². The standard InChI is InChI=1S/C23H26N2O5/c1-4-16-7-5-6-15(2)22(16)24-20(26)14-30-23(28)17-12-21(27)25(13-17)18-8-10-19(29-3)11-9-18/h5-11,17H,4,12-14H2,1-3H3,(H,24,26)/t17-/m0/s1. The number of carbonyl (C=O) groups excluding carboxylic acids is 3. The fourth-order valence-electron chi connectivity index (χ4n) is 3.51. The zero-order valence-electron chi connectivity index (χ0n) is 17.4. The number of amides is 2. The summed E-state index contributed by atoms with van der Waals surface area (Å²) in [5.74, 6) is -1.01. The van der Waals surface area contributed by atoms with Crippen molar-refractivity contribution in [2.45, 2.75) is 26.7 Å². The molecule has 1 aliphatic rings. The van der Waals surface area contributed by atoms with Crippen molar-refractivity contribution in [2.75, 3.05) is 30.5 Å². The van der Waals surface area contributed by atoms with E-state index in [1.165, 1.54) is 0 Å². The Morgan fingerprint density at radius 2 is 1.90 bits per heavy atom. The zero-order valence-corrected chi connectivity index (χ0v) is 17.4. The number of nitrogens with one attached hydrogen (secondary N) is 1. The smallest absolute Gasteiger partial charge is 0.311 e. The number of methoxy groups -OCH3 is 1. The fourth-order valence-corrected chi connectivity index (χ4v) is 3.51. The van der Waals surface area contributed by atoms with Gasteiger partial charge in [-0.1, -0.05) is 25.1 Å². The third-order valence-corrected chi connectivity index (χ3v) is 5.19. The van der Waals surface area contributed by atoms with E-state index in [4.69, 9.17) is 9.47 Å². The molecular formula is C23H26N2O5. The molecule has 1 aliphatic heterocycles. The summed E-state index contributed by atoms with van der Waals surface area (Å²) in [5, 5.41) is 2.82. The van der Waals surface area contributed by atoms with Crippen molar-refractivity contribution < 1.29 is 23.9 Å². The Balaban J connectivity index is 1.55. The van der Waals surface area contributed by atoms with Crippen LogP contribution in [0.3, 0.4) is 0 Å². The number of para-hydroxylation sites is 1. The van der Waals surface area contributed by atoms with E-state index in [2.05, 4.69) is 5.32 Å². The molecule has 0 radical (unpaired) electrons. The molecular weight excluding hydrogens is 384 g/mol. The molecule has 30 heavy (non-hydrogen) atoms. The fraction of sp³-hybridized carbons (Fsp3) is 0.348. The second-order valence-corrected chi connectivity index (χ2v) is 7.22. The first-order chi connectivity index (χ1) is 14.4. The van der Waals surface area contributed by atoms with Crippen LogP contribution in [0.2, 0.25) is 0 Å². The molecule has 2 amide bonds. The quantitative estimate of drug-likeness (QED) is 0.709. The van der Waals surface area contributed by atoms with E-state index in [1.807, 2.05) is 32.0 Å². The topological polar surface area (TPSA) is 84.9 Å². The predicted octanol–water partition coefficient (Wildman–Crippen LogP) is 3.10. The molecule has 2 aromatic rings. The molecule has 0 bridgehead atoms. The van der Waals surface area contributed by atoms with Gasteiger partial charge in [0.25, 0.3) is 5.91 Å². The van der Waals surface area contributed by atoms with Gasteiger partial charge in [-0.2, -0.15) is 0 Å². The van der Waals surface area contributed by atoms with E-state index >= 15 is 0 Å². The summed E-state index contributed by atoms with van der Waals surface area (Å²) in [4.78, 5) is 38.6. The van der Waals surface area contributed by atoms with Gasteiger partial charge in [-0.15, -0.1) is 0 Å². The van der Waals surface area contributed by atoms with Crippen molar-refractivity contribution >= 4 is 29.2 Å². The summed E-state index contributed by atoms with van der Waals surface area (Å²) in [6.07, 6.45) is 0.840. The highest BCUT2D eigenvalue weighted by molar-refractivity contribution is 6.00. The highest BCUT2D eigenvalue weighted by Gasteiger charge is 2.36. The van der Waals surface area contributed by atoms with Gasteiger partial charge in [0.1, 0.15) is 5.75 Å². The van der Waals surface area contributed by atoms with Crippen molar-refractivity contribution in [1.29, 1.82) is 0 Å². The maximum atomic E-state index is 12.4. The van der Waals surface area contributed by atoms with Crippen LogP contribution in [0.5, 0.6) is 5.75 Å². The Labute approximate surface area is 176 Å². The molecule has 0 aliphatic carbocycles. The summed E-state index contributed by atoms with van der Waals surface area (Å²) in [6.45, 7) is 3.77. The van der Waals surface area contributed by atoms with E-state index in [-0.39, 0.29) is 25.5 Å². The number of esters is 1. The molecule has 2 aromatic carbocycles. The van der Waals surface area contributed by atoms with Crippen molar-refractivity contribution in [1.82, 2.24) is 0 Å². The van der Waals surface area contributed by atoms with Crippen LogP contribution >= 0.6 is 0 Å². The molecule has 0 spiro atoms. The second kappa shape index (κ2) is 9.43. The zero-order chi connectivity index (χ0) is 21.7. The predicted molar refractivity (Wildman–Crippen MR) is 114 cm³/mol. The summed E-state index contributed by atoms with van der Waals surface area (Å²) >= 11 is 0. The number of hydrogen-bond donors (Lipinski definition) is 1. The summed E-state index contributed by atoms with van der Waals surface area (Å²) in [7, 11) is 1.57. The molecule has 7 nitrogen and oxygen atoms in total. The molecule has 1 fully saturated rings. The molecule has 1 N–H and O–H groups in total. The van der Waals surface area contributed by atoms with E-state index in [9.17, 15) is 14.4 Å². The van der Waals surface area contributed by atoms with E-state index < -0.39 is 17.8 Å². The van der Waals surface area contributed by atoms with Gasteiger partial charge in [0.05, 0.1) is 13.0 Å². The Bertz CT molecular complexity index is 939. The Morgan fingerprint density at radius 1 is 1.17 bits per heavy atom. The van der Waals surface area contributed by atoms with Crippen molar-refractivity contribution in [3.63, 3.8) is 0 Å². The summed E-state index contributed by atoms with van der Waals surface area (Å²) in [6, 6.07) is 12.9. The minimum absolute atomic E-state index is 0.0598. The molecule has 1 heterocycles.